The number of oxazole rings is 1. The molecule has 0 aliphatic carbocycles. The maximum atomic E-state index is 12.3. The van der Waals surface area contributed by atoms with Gasteiger partial charge in [0.05, 0.1) is 6.07 Å². The fourth-order valence-electron chi connectivity index (χ4n) is 2.24. The summed E-state index contributed by atoms with van der Waals surface area (Å²) in [6, 6.07) is 7.44. The van der Waals surface area contributed by atoms with Crippen LogP contribution in [0.2, 0.25) is 0 Å². The number of carbonyl (C=O) groups is 1. The lowest BCUT2D eigenvalue weighted by Crippen LogP contribution is -2.38. The summed E-state index contributed by atoms with van der Waals surface area (Å²) in [6.45, 7) is 9.38. The van der Waals surface area contributed by atoms with Crippen molar-refractivity contribution in [3.63, 3.8) is 0 Å². The van der Waals surface area contributed by atoms with Crippen molar-refractivity contribution in [2.75, 3.05) is 0 Å². The number of nitrogens with one attached hydrogen (secondary N) is 1. The summed E-state index contributed by atoms with van der Waals surface area (Å²) in [6.07, 6.45) is 0. The van der Waals surface area contributed by atoms with Gasteiger partial charge in [0, 0.05) is 0 Å². The predicted molar refractivity (Wildman–Crippen MR) is 83.9 cm³/mol. The second kappa shape index (κ2) is 5.80. The maximum absolute atomic E-state index is 12.3. The first-order chi connectivity index (χ1) is 10.2. The average molecular weight is 299 g/mol. The molecule has 1 N–H and O–H groups in total. The first kappa shape index (κ1) is 16.0. The Balaban J connectivity index is 2.18. The van der Waals surface area contributed by atoms with Crippen LogP contribution < -0.4 is 5.32 Å². The minimum Gasteiger partial charge on any atom is -0.438 e. The number of aryl methyl sites for hydroxylation is 1. The largest absolute Gasteiger partial charge is 0.438 e. The van der Waals surface area contributed by atoms with Gasteiger partial charge in [0.25, 0.3) is 0 Å². The summed E-state index contributed by atoms with van der Waals surface area (Å²) in [7, 11) is 0. The second-order valence-corrected chi connectivity index (χ2v) is 6.68. The Hall–Kier alpha value is -2.35. The lowest BCUT2D eigenvalue weighted by Gasteiger charge is -2.24. The number of nitrogens with zero attached hydrogens (tertiary/aromatic N) is 2. The Labute approximate surface area is 130 Å². The van der Waals surface area contributed by atoms with Crippen molar-refractivity contribution >= 4 is 17.0 Å². The number of hydrogen-bond donors (Lipinski definition) is 1. The summed E-state index contributed by atoms with van der Waals surface area (Å²) >= 11 is 0. The van der Waals surface area contributed by atoms with Crippen molar-refractivity contribution in [2.45, 2.75) is 40.7 Å². The zero-order valence-electron chi connectivity index (χ0n) is 13.6. The SMILES string of the molecule is Cc1ccc2nc(C(C)NC(=O)C(C#N)C(C)(C)C)oc2c1. The van der Waals surface area contributed by atoms with E-state index in [0.717, 1.165) is 11.1 Å². The number of fused-ring (bicyclic) bond motifs is 1. The third-order valence-corrected chi connectivity index (χ3v) is 3.55. The number of amides is 1. The first-order valence-electron chi connectivity index (χ1n) is 7.29. The third-order valence-electron chi connectivity index (χ3n) is 3.55. The van der Waals surface area contributed by atoms with E-state index >= 15 is 0 Å². The lowest BCUT2D eigenvalue weighted by atomic mass is 9.81. The molecule has 22 heavy (non-hydrogen) atoms. The van der Waals surface area contributed by atoms with E-state index in [4.69, 9.17) is 4.42 Å². The molecule has 2 atom stereocenters. The number of rotatable bonds is 3. The van der Waals surface area contributed by atoms with Crippen LogP contribution in [0.4, 0.5) is 0 Å². The summed E-state index contributed by atoms with van der Waals surface area (Å²) in [5.74, 6) is -0.581. The van der Waals surface area contributed by atoms with Crippen molar-refractivity contribution in [1.82, 2.24) is 10.3 Å². The van der Waals surface area contributed by atoms with Crippen LogP contribution in [0.1, 0.15) is 45.2 Å². The number of benzene rings is 1. The number of carbonyl (C=O) groups excluding carboxylic acids is 1. The van der Waals surface area contributed by atoms with Crippen LogP contribution in [0.3, 0.4) is 0 Å². The highest BCUT2D eigenvalue weighted by Gasteiger charge is 2.32. The molecule has 0 aliphatic heterocycles. The lowest BCUT2D eigenvalue weighted by molar-refractivity contribution is -0.126. The molecule has 1 aromatic heterocycles. The topological polar surface area (TPSA) is 78.9 Å². The monoisotopic (exact) mass is 299 g/mol. The zero-order valence-corrected chi connectivity index (χ0v) is 13.6. The van der Waals surface area contributed by atoms with Gasteiger partial charge < -0.3 is 9.73 Å². The molecule has 0 spiro atoms. The maximum Gasteiger partial charge on any atom is 0.238 e. The fourth-order valence-corrected chi connectivity index (χ4v) is 2.24. The van der Waals surface area contributed by atoms with Crippen LogP contribution in [0.15, 0.2) is 22.6 Å². The molecule has 0 bridgehead atoms. The predicted octanol–water partition coefficient (Wildman–Crippen LogP) is 3.50. The van der Waals surface area contributed by atoms with E-state index in [0.29, 0.717) is 11.5 Å². The van der Waals surface area contributed by atoms with E-state index in [1.165, 1.54) is 0 Å². The van der Waals surface area contributed by atoms with Crippen LogP contribution in [0.25, 0.3) is 11.1 Å². The molecule has 1 amide bonds. The van der Waals surface area contributed by atoms with Gasteiger partial charge in [-0.1, -0.05) is 26.8 Å². The molecule has 2 aromatic rings. The molecule has 5 heteroatoms. The van der Waals surface area contributed by atoms with Gasteiger partial charge in [-0.15, -0.1) is 0 Å². The van der Waals surface area contributed by atoms with Gasteiger partial charge in [-0.25, -0.2) is 4.98 Å². The van der Waals surface area contributed by atoms with Gasteiger partial charge in [0.2, 0.25) is 11.8 Å². The Morgan fingerprint density at radius 1 is 1.41 bits per heavy atom. The molecule has 116 valence electrons. The normalized spacial score (nSPS) is 14.4. The first-order valence-corrected chi connectivity index (χ1v) is 7.29. The van der Waals surface area contributed by atoms with Gasteiger partial charge in [-0.3, -0.25) is 4.79 Å². The summed E-state index contributed by atoms with van der Waals surface area (Å²) in [5, 5.41) is 12.0. The Kier molecular flexibility index (Phi) is 4.23. The number of nitriles is 1. The molecule has 2 rings (SSSR count). The highest BCUT2D eigenvalue weighted by molar-refractivity contribution is 5.82. The Morgan fingerprint density at radius 3 is 2.68 bits per heavy atom. The van der Waals surface area contributed by atoms with Crippen molar-refractivity contribution in [3.8, 4) is 6.07 Å². The minimum absolute atomic E-state index is 0.305. The summed E-state index contributed by atoms with van der Waals surface area (Å²) in [5.41, 5.74) is 2.12. The second-order valence-electron chi connectivity index (χ2n) is 6.68. The quantitative estimate of drug-likeness (QED) is 0.940. The summed E-state index contributed by atoms with van der Waals surface area (Å²) in [4.78, 5) is 16.7. The molecular weight excluding hydrogens is 278 g/mol. The highest BCUT2D eigenvalue weighted by atomic mass is 16.3. The van der Waals surface area contributed by atoms with E-state index < -0.39 is 17.4 Å². The van der Waals surface area contributed by atoms with Crippen molar-refractivity contribution in [1.29, 1.82) is 5.26 Å². The molecule has 2 unspecified atom stereocenters. The van der Waals surface area contributed by atoms with E-state index in [1.807, 2.05) is 45.9 Å². The fraction of sp³-hybridized carbons (Fsp3) is 0.471. The van der Waals surface area contributed by atoms with Gasteiger partial charge in [-0.2, -0.15) is 5.26 Å². The van der Waals surface area contributed by atoms with Crippen LogP contribution in [-0.2, 0) is 4.79 Å². The number of aromatic nitrogens is 1. The Bertz CT molecular complexity index is 734. The van der Waals surface area contributed by atoms with Crippen LogP contribution in [-0.4, -0.2) is 10.9 Å². The standard InChI is InChI=1S/C17H21N3O2/c1-10-6-7-13-14(8-10)22-16(20-13)11(2)19-15(21)12(9-18)17(3,4)5/h6-8,11-12H,1-5H3,(H,19,21). The Morgan fingerprint density at radius 2 is 2.09 bits per heavy atom. The molecule has 0 fully saturated rings. The molecule has 1 aromatic carbocycles. The molecular formula is C17H21N3O2. The molecule has 0 saturated heterocycles. The summed E-state index contributed by atoms with van der Waals surface area (Å²) < 4.78 is 5.70. The van der Waals surface area contributed by atoms with E-state index in [-0.39, 0.29) is 5.91 Å². The number of hydrogen-bond acceptors (Lipinski definition) is 4. The van der Waals surface area contributed by atoms with Crippen molar-refractivity contribution < 1.29 is 9.21 Å². The van der Waals surface area contributed by atoms with Crippen LogP contribution in [0.5, 0.6) is 0 Å². The van der Waals surface area contributed by atoms with Crippen LogP contribution >= 0.6 is 0 Å². The smallest absolute Gasteiger partial charge is 0.238 e. The van der Waals surface area contributed by atoms with Crippen molar-refractivity contribution in [2.24, 2.45) is 11.3 Å². The van der Waals surface area contributed by atoms with Gasteiger partial charge in [-0.05, 0) is 37.0 Å². The highest BCUT2D eigenvalue weighted by Crippen LogP contribution is 2.27. The van der Waals surface area contributed by atoms with Crippen molar-refractivity contribution in [3.05, 3.63) is 29.7 Å². The average Bonchev–Trinajstić information content (AvgIpc) is 2.80. The molecule has 5 nitrogen and oxygen atoms in total. The van der Waals surface area contributed by atoms with E-state index in [1.54, 1.807) is 6.92 Å². The van der Waals surface area contributed by atoms with Crippen LogP contribution in [0, 0.1) is 29.6 Å². The third kappa shape index (κ3) is 3.28. The zero-order chi connectivity index (χ0) is 16.5. The molecule has 0 aliphatic rings. The molecule has 0 saturated carbocycles. The van der Waals surface area contributed by atoms with E-state index in [2.05, 4.69) is 16.4 Å². The molecule has 0 radical (unpaired) electrons. The van der Waals surface area contributed by atoms with Gasteiger partial charge >= 0.3 is 0 Å². The molecule has 1 heterocycles. The van der Waals surface area contributed by atoms with E-state index in [9.17, 15) is 10.1 Å². The van der Waals surface area contributed by atoms with Gasteiger partial charge in [0.15, 0.2) is 5.58 Å². The van der Waals surface area contributed by atoms with Gasteiger partial charge in [0.1, 0.15) is 17.5 Å². The minimum atomic E-state index is -0.721.